The lowest BCUT2D eigenvalue weighted by Crippen LogP contribution is -2.58. The Balaban J connectivity index is 2.54. The van der Waals surface area contributed by atoms with Crippen LogP contribution in [0.25, 0.3) is 0 Å². The number of likely N-dealkylation sites (N-methyl/N-ethyl adjacent to an activating group) is 5. The maximum atomic E-state index is 15.5. The van der Waals surface area contributed by atoms with Gasteiger partial charge in [0.05, 0.1) is 12.1 Å². The lowest BCUT2D eigenvalue weighted by molar-refractivity contribution is -0.153. The Labute approximate surface area is 460 Å². The van der Waals surface area contributed by atoms with Gasteiger partial charge in [-0.3, -0.25) is 19.2 Å². The Morgan fingerprint density at radius 3 is 1.47 bits per heavy atom. The van der Waals surface area contributed by atoms with Crippen LogP contribution < -0.4 is 10.1 Å². The number of carbonyl (C=O) groups excluding carboxylic acids is 4. The Morgan fingerprint density at radius 2 is 1.00 bits per heavy atom. The van der Waals surface area contributed by atoms with Crippen LogP contribution in [-0.4, -0.2) is 143 Å². The molecule has 72 heavy (non-hydrogen) atoms. The van der Waals surface area contributed by atoms with Crippen molar-refractivity contribution in [2.45, 2.75) is 191 Å². The minimum absolute atomic E-state index is 0.0183. The number of ketones is 1. The molecule has 14 heteroatoms. The van der Waals surface area contributed by atoms with Gasteiger partial charge in [0.2, 0.25) is 17.7 Å². The summed E-state index contributed by atoms with van der Waals surface area (Å²) in [5.41, 5.74) is 2.28. The summed E-state index contributed by atoms with van der Waals surface area (Å²) in [4.78, 5) is 66.9. The molecule has 0 radical (unpaired) electrons. The molecular weight excluding hydrogens is 975 g/mol. The van der Waals surface area contributed by atoms with Crippen LogP contribution in [0, 0.1) is 23.7 Å². The van der Waals surface area contributed by atoms with Gasteiger partial charge < -0.3 is 29.7 Å². The molecule has 8 unspecified atom stereocenters. The number of nitrogens with one attached hydrogen (secondary N) is 1. The summed E-state index contributed by atoms with van der Waals surface area (Å²) in [7, 11) is 6.98. The van der Waals surface area contributed by atoms with Gasteiger partial charge >= 0.3 is 0 Å². The molecule has 11 atom stereocenters. The maximum absolute atomic E-state index is 15.5. The molecule has 10 nitrogen and oxygen atoms in total. The zero-order valence-electron chi connectivity index (χ0n) is 46.8. The van der Waals surface area contributed by atoms with Gasteiger partial charge in [0.1, 0.15) is 24.4 Å². The predicted octanol–water partition coefficient (Wildman–Crippen LogP) is 10.9. The third kappa shape index (κ3) is 24.5. The van der Waals surface area contributed by atoms with Crippen molar-refractivity contribution in [3.05, 3.63) is 65.7 Å². The zero-order valence-corrected chi connectivity index (χ0v) is 50.3. The van der Waals surface area contributed by atoms with E-state index in [4.69, 9.17) is 30.0 Å². The van der Waals surface area contributed by atoms with Crippen molar-refractivity contribution in [3.8, 4) is 5.75 Å². The highest BCUT2D eigenvalue weighted by molar-refractivity contribution is 7.81. The van der Waals surface area contributed by atoms with Crippen LogP contribution in [0.5, 0.6) is 5.75 Å². The number of rotatable bonds is 37. The van der Waals surface area contributed by atoms with E-state index < -0.39 is 24.2 Å². The molecule has 410 valence electrons. The maximum Gasteiger partial charge on any atom is 0.245 e. The number of carbonyl (C=O) groups is 4. The number of nitrogens with zero attached hydrogens (tertiary/aromatic N) is 4. The van der Waals surface area contributed by atoms with Gasteiger partial charge in [-0.2, -0.15) is 50.5 Å². The standard InChI is InChI=1S/C58H99N5O5S4/c1-14-63(15-2)31-32-68-48-28-26-47(27-29-48)37-49(71)30-23-43(7)36-54(62(13)58(67)53(35-42(6)22-25-45(9)70)61(12)56(65)51(59-10)33-40(3)4)57(66)60(11)52(34-41(5)21-24-44(8)69)55(64)39-50(72)38-46-19-17-16-18-20-46/h16-20,26-29,40-45,49-54,59,69-72H,14-15,21-25,30-39H2,1-13H3/t41?,42?,43?,44?,45?,49?,50?,51-,52?,53-,54-/m0/s1. The number of hydrogen-bond acceptors (Lipinski definition) is 11. The molecule has 0 aliphatic heterocycles. The van der Waals surface area contributed by atoms with E-state index in [1.807, 2.05) is 42.5 Å². The number of ether oxygens (including phenoxy) is 1. The second kappa shape index (κ2) is 35.1. The van der Waals surface area contributed by atoms with E-state index in [2.05, 4.69) is 110 Å². The van der Waals surface area contributed by atoms with Crippen LogP contribution in [0.1, 0.15) is 144 Å². The van der Waals surface area contributed by atoms with Crippen molar-refractivity contribution < 1.29 is 23.9 Å². The number of thiol groups is 4. The van der Waals surface area contributed by atoms with Crippen LogP contribution in [0.2, 0.25) is 0 Å². The fraction of sp³-hybridized carbons (Fsp3) is 0.724. The Morgan fingerprint density at radius 1 is 0.556 bits per heavy atom. The van der Waals surface area contributed by atoms with Crippen LogP contribution >= 0.6 is 50.5 Å². The minimum Gasteiger partial charge on any atom is -0.492 e. The molecule has 2 rings (SSSR count). The number of hydrogen-bond donors (Lipinski definition) is 5. The SMILES string of the molecule is CCN(CC)CCOc1ccc(CC(S)CCC(C)C[C@@H](C(=O)N(C)C(CC(C)CCC(C)S)C(=O)CC(S)Cc2ccccc2)N(C)C(=O)[C@H](CC(C)CCC(C)S)N(C)C(=O)[C@H](CC(C)C)NC)cc1. The summed E-state index contributed by atoms with van der Waals surface area (Å²) < 4.78 is 6.03. The van der Waals surface area contributed by atoms with Crippen molar-refractivity contribution in [3.63, 3.8) is 0 Å². The third-order valence-electron chi connectivity index (χ3n) is 14.5. The normalized spacial score (nSPS) is 16.4. The lowest BCUT2D eigenvalue weighted by atomic mass is 9.89. The topological polar surface area (TPSA) is 102 Å². The van der Waals surface area contributed by atoms with Crippen molar-refractivity contribution in [2.75, 3.05) is 54.4 Å². The van der Waals surface area contributed by atoms with Crippen molar-refractivity contribution in [1.29, 1.82) is 0 Å². The van der Waals surface area contributed by atoms with Gasteiger partial charge in [-0.25, -0.2) is 0 Å². The van der Waals surface area contributed by atoms with E-state index in [-0.39, 0.29) is 74.6 Å². The number of amides is 3. The van der Waals surface area contributed by atoms with Crippen LogP contribution in [0.3, 0.4) is 0 Å². The van der Waals surface area contributed by atoms with Crippen molar-refractivity contribution in [1.82, 2.24) is 24.9 Å². The fourth-order valence-corrected chi connectivity index (χ4v) is 10.7. The van der Waals surface area contributed by atoms with E-state index in [1.54, 1.807) is 42.9 Å². The molecule has 1 N–H and O–H groups in total. The summed E-state index contributed by atoms with van der Waals surface area (Å²) in [5, 5.41) is 3.45. The Hall–Kier alpha value is -2.36. The first kappa shape index (κ1) is 65.8. The van der Waals surface area contributed by atoms with Gasteiger partial charge in [0.15, 0.2) is 5.78 Å². The van der Waals surface area contributed by atoms with Crippen molar-refractivity contribution in [2.24, 2.45) is 23.7 Å². The molecule has 0 saturated carbocycles. The molecule has 0 saturated heterocycles. The summed E-state index contributed by atoms with van der Waals surface area (Å²) in [5.74, 6) is 0.635. The first-order valence-electron chi connectivity index (χ1n) is 27.2. The summed E-state index contributed by atoms with van der Waals surface area (Å²) >= 11 is 19.2. The van der Waals surface area contributed by atoms with Crippen LogP contribution in [0.4, 0.5) is 0 Å². The fourth-order valence-electron chi connectivity index (χ4n) is 9.63. The molecule has 0 heterocycles. The van der Waals surface area contributed by atoms with Crippen LogP contribution in [-0.2, 0) is 32.0 Å². The van der Waals surface area contributed by atoms with E-state index in [0.29, 0.717) is 38.7 Å². The van der Waals surface area contributed by atoms with Gasteiger partial charge in [-0.15, -0.1) is 0 Å². The van der Waals surface area contributed by atoms with E-state index in [1.165, 1.54) is 5.56 Å². The predicted molar refractivity (Wildman–Crippen MR) is 317 cm³/mol. The second-order valence-electron chi connectivity index (χ2n) is 21.7. The molecule has 2 aromatic carbocycles. The highest BCUT2D eigenvalue weighted by Crippen LogP contribution is 2.29. The quantitative estimate of drug-likeness (QED) is 0.0430. The van der Waals surface area contributed by atoms with Gasteiger partial charge in [-0.1, -0.05) is 105 Å². The van der Waals surface area contributed by atoms with Gasteiger partial charge in [-0.05, 0) is 155 Å². The second-order valence-corrected chi connectivity index (χ2v) is 24.9. The molecule has 0 aliphatic rings. The first-order valence-corrected chi connectivity index (χ1v) is 29.3. The summed E-state index contributed by atoms with van der Waals surface area (Å²) in [6.45, 7) is 22.6. The molecule has 0 bridgehead atoms. The molecule has 0 fully saturated rings. The Bertz CT molecular complexity index is 1840. The monoisotopic (exact) mass is 1070 g/mol. The zero-order chi connectivity index (χ0) is 54.1. The van der Waals surface area contributed by atoms with E-state index >= 15 is 9.59 Å². The molecule has 0 aliphatic carbocycles. The van der Waals surface area contributed by atoms with E-state index in [0.717, 1.165) is 75.9 Å². The molecule has 2 aromatic rings. The highest BCUT2D eigenvalue weighted by Gasteiger charge is 2.41. The summed E-state index contributed by atoms with van der Waals surface area (Å²) in [6.07, 6.45) is 8.56. The van der Waals surface area contributed by atoms with E-state index in [9.17, 15) is 9.59 Å². The lowest BCUT2D eigenvalue weighted by Gasteiger charge is -2.40. The van der Waals surface area contributed by atoms with Gasteiger partial charge in [0, 0.05) is 44.6 Å². The largest absolute Gasteiger partial charge is 0.492 e. The average Bonchev–Trinajstić information content (AvgIpc) is 3.34. The van der Waals surface area contributed by atoms with Crippen molar-refractivity contribution >= 4 is 74.0 Å². The molecule has 0 spiro atoms. The third-order valence-corrected chi connectivity index (χ3v) is 15.8. The Kier molecular flexibility index (Phi) is 32.0. The molecular formula is C58H99N5O5S4. The average molecular weight is 1070 g/mol. The number of Topliss-reactive ketones (excluding diaryl/α,β-unsaturated/α-hetero) is 1. The highest BCUT2D eigenvalue weighted by atomic mass is 32.1. The minimum atomic E-state index is -0.890. The molecule has 3 amide bonds. The number of benzene rings is 2. The smallest absolute Gasteiger partial charge is 0.245 e. The van der Waals surface area contributed by atoms with Crippen LogP contribution in [0.15, 0.2) is 54.6 Å². The molecule has 0 aromatic heterocycles. The summed E-state index contributed by atoms with van der Waals surface area (Å²) in [6, 6.07) is 15.4. The van der Waals surface area contributed by atoms with Gasteiger partial charge in [0.25, 0.3) is 0 Å². The first-order chi connectivity index (χ1) is 34.0.